The molecule has 3 unspecified atom stereocenters. The number of piperazine rings is 1. The van der Waals surface area contributed by atoms with Gasteiger partial charge in [0.25, 0.3) is 0 Å². The molecule has 17 heteroatoms. The lowest BCUT2D eigenvalue weighted by Gasteiger charge is -2.35. The van der Waals surface area contributed by atoms with E-state index in [1.807, 2.05) is 55.3 Å². The van der Waals surface area contributed by atoms with Crippen molar-refractivity contribution in [1.82, 2.24) is 35.2 Å². The Balaban J connectivity index is 1.12. The molecule has 3 saturated heterocycles. The third kappa shape index (κ3) is 8.42. The normalized spacial score (nSPS) is 18.8. The lowest BCUT2D eigenvalue weighted by atomic mass is 9.96. The molecule has 6 heterocycles. The minimum absolute atomic E-state index is 0.0207. The summed E-state index contributed by atoms with van der Waals surface area (Å²) in [6.45, 7) is 12.5. The van der Waals surface area contributed by atoms with E-state index in [9.17, 15) is 10.1 Å². The van der Waals surface area contributed by atoms with Crippen LogP contribution in [0.25, 0.3) is 43.4 Å². The number of hydrogen-bond donors (Lipinski definition) is 2. The van der Waals surface area contributed by atoms with E-state index in [4.69, 9.17) is 41.5 Å². The SMILES string of the molecule is CCC1CN(c2nc(OC3CCOCC3)nc3c(OCc4ccc(-c5cn(C(C(=O)N6CCCC6C)C(C)C)nn5)cc4)c(-c4ccc(F)c5sc(N)c(C#N)c45)c(Cl)cc23)CCN1. The molecule has 0 radical (unpaired) electrons. The number of rotatable bonds is 12. The van der Waals surface area contributed by atoms with Crippen LogP contribution < -0.4 is 25.4 Å². The fraction of sp³-hybridized carbons (Fsp3) is 0.447. The molecule has 1 amide bonds. The average Bonchev–Trinajstić information content (AvgIpc) is 4.05. The number of halogens is 2. The lowest BCUT2D eigenvalue weighted by molar-refractivity contribution is -0.137. The summed E-state index contributed by atoms with van der Waals surface area (Å²) in [6, 6.07) is 15.0. The molecular formula is C47H52ClFN10O4S. The number of aromatic nitrogens is 5. The summed E-state index contributed by atoms with van der Waals surface area (Å²) < 4.78 is 36.4. The monoisotopic (exact) mass is 906 g/mol. The van der Waals surface area contributed by atoms with Gasteiger partial charge in [0, 0.05) is 73.0 Å². The smallest absolute Gasteiger partial charge is 0.319 e. The van der Waals surface area contributed by atoms with Gasteiger partial charge in [0.2, 0.25) is 5.91 Å². The van der Waals surface area contributed by atoms with E-state index in [1.165, 1.54) is 6.07 Å². The number of nitriles is 1. The number of nitrogens with zero attached hydrogens (tertiary/aromatic N) is 8. The standard InChI is InChI=1S/C47H52ClFN10O4S/c1-5-30-23-57(18-16-52-30)45-33-21-35(48)39(32-12-13-36(49)43-38(32)34(22-50)44(51)64-43)42(40(33)53-47(54-45)63-31-14-19-61-20-15-31)62-25-28-8-10-29(11-9-28)37-24-59(56-55-37)41(26(2)3)46(60)58-17-6-7-27(58)4/h8-13,21,24,26-27,30-31,41,52H,5-7,14-20,23,25,51H2,1-4H3. The van der Waals surface area contributed by atoms with Crippen LogP contribution in [-0.2, 0) is 16.1 Å². The summed E-state index contributed by atoms with van der Waals surface area (Å²) >= 11 is 8.39. The van der Waals surface area contributed by atoms with Gasteiger partial charge in [0.05, 0.1) is 34.7 Å². The van der Waals surface area contributed by atoms with Crippen LogP contribution in [0.15, 0.2) is 48.7 Å². The Labute approximate surface area is 380 Å². The molecule has 9 rings (SSSR count). The van der Waals surface area contributed by atoms with Crippen molar-refractivity contribution in [3.8, 4) is 40.2 Å². The van der Waals surface area contributed by atoms with Crippen molar-refractivity contribution in [3.05, 3.63) is 70.6 Å². The van der Waals surface area contributed by atoms with Crippen LogP contribution in [0.5, 0.6) is 11.8 Å². The molecule has 0 saturated carbocycles. The van der Waals surface area contributed by atoms with Gasteiger partial charge >= 0.3 is 6.01 Å². The van der Waals surface area contributed by atoms with Gasteiger partial charge < -0.3 is 35.1 Å². The van der Waals surface area contributed by atoms with Crippen LogP contribution in [-0.4, -0.2) is 93.3 Å². The molecule has 6 aromatic rings. The molecule has 3 aliphatic heterocycles. The van der Waals surface area contributed by atoms with Gasteiger partial charge in [-0.05, 0) is 55.4 Å². The molecule has 3 atom stereocenters. The number of nitrogens with one attached hydrogen (secondary N) is 1. The molecule has 0 bridgehead atoms. The number of likely N-dealkylation sites (tertiary alicyclic amines) is 1. The van der Waals surface area contributed by atoms with Crippen molar-refractivity contribution < 1.29 is 23.4 Å². The molecule has 64 heavy (non-hydrogen) atoms. The number of fused-ring (bicyclic) bond motifs is 2. The van der Waals surface area contributed by atoms with Gasteiger partial charge in [-0.1, -0.05) is 67.9 Å². The number of thiophene rings is 1. The van der Waals surface area contributed by atoms with Crippen LogP contribution in [0.1, 0.15) is 77.0 Å². The summed E-state index contributed by atoms with van der Waals surface area (Å²) in [5.41, 5.74) is 10.2. The Hall–Kier alpha value is -5.60. The van der Waals surface area contributed by atoms with E-state index in [1.54, 1.807) is 10.7 Å². The molecule has 0 spiro atoms. The van der Waals surface area contributed by atoms with Crippen molar-refractivity contribution in [2.45, 2.75) is 90.6 Å². The maximum Gasteiger partial charge on any atom is 0.319 e. The summed E-state index contributed by atoms with van der Waals surface area (Å²) in [5.74, 6) is 0.593. The van der Waals surface area contributed by atoms with E-state index in [2.05, 4.69) is 40.4 Å². The average molecular weight is 908 g/mol. The fourth-order valence-corrected chi connectivity index (χ4v) is 10.5. The first kappa shape index (κ1) is 43.6. The molecule has 3 fully saturated rings. The quantitative estimate of drug-likeness (QED) is 0.120. The number of carbonyl (C=O) groups is 1. The summed E-state index contributed by atoms with van der Waals surface area (Å²) in [5, 5.41) is 24.3. The number of ether oxygens (including phenoxy) is 3. The Morgan fingerprint density at radius 3 is 2.66 bits per heavy atom. The second-order valence-electron chi connectivity index (χ2n) is 17.3. The van der Waals surface area contributed by atoms with Gasteiger partial charge in [-0.15, -0.1) is 16.4 Å². The first-order valence-corrected chi connectivity index (χ1v) is 23.3. The second kappa shape index (κ2) is 18.5. The fourth-order valence-electron chi connectivity index (χ4n) is 9.20. The van der Waals surface area contributed by atoms with E-state index in [-0.39, 0.29) is 57.9 Å². The van der Waals surface area contributed by atoms with Gasteiger partial charge in [-0.3, -0.25) is 4.79 Å². The third-order valence-electron chi connectivity index (χ3n) is 12.7. The van der Waals surface area contributed by atoms with E-state index < -0.39 is 11.9 Å². The van der Waals surface area contributed by atoms with Gasteiger partial charge in [0.1, 0.15) is 52.7 Å². The molecule has 334 valence electrons. The molecule has 0 aliphatic carbocycles. The summed E-state index contributed by atoms with van der Waals surface area (Å²) in [6.07, 6.45) is 6.03. The molecule has 3 aromatic carbocycles. The number of anilines is 2. The molecular weight excluding hydrogens is 855 g/mol. The maximum atomic E-state index is 15.5. The predicted molar refractivity (Wildman–Crippen MR) is 247 cm³/mol. The second-order valence-corrected chi connectivity index (χ2v) is 18.7. The minimum atomic E-state index is -0.495. The number of amides is 1. The van der Waals surface area contributed by atoms with Gasteiger partial charge in [-0.2, -0.15) is 15.2 Å². The van der Waals surface area contributed by atoms with E-state index >= 15 is 4.39 Å². The highest BCUT2D eigenvalue weighted by atomic mass is 35.5. The number of nitrogens with two attached hydrogens (primary N) is 1. The number of carbonyl (C=O) groups excluding carboxylic acids is 1. The third-order valence-corrected chi connectivity index (χ3v) is 14.0. The Bertz CT molecular complexity index is 2730. The van der Waals surface area contributed by atoms with Gasteiger partial charge in [-0.25, -0.2) is 9.07 Å². The van der Waals surface area contributed by atoms with Crippen molar-refractivity contribution in [3.63, 3.8) is 0 Å². The summed E-state index contributed by atoms with van der Waals surface area (Å²) in [7, 11) is 0. The van der Waals surface area contributed by atoms with Crippen LogP contribution >= 0.6 is 22.9 Å². The minimum Gasteiger partial charge on any atom is -0.486 e. The molecule has 14 nitrogen and oxygen atoms in total. The Morgan fingerprint density at radius 2 is 1.94 bits per heavy atom. The molecule has 3 aromatic heterocycles. The number of benzene rings is 3. The van der Waals surface area contributed by atoms with Crippen LogP contribution in [0.3, 0.4) is 0 Å². The van der Waals surface area contributed by atoms with Crippen LogP contribution in [0.4, 0.5) is 15.2 Å². The van der Waals surface area contributed by atoms with Crippen molar-refractivity contribution in [2.24, 2.45) is 5.92 Å². The first-order chi connectivity index (χ1) is 31.0. The Morgan fingerprint density at radius 1 is 1.14 bits per heavy atom. The van der Waals surface area contributed by atoms with Crippen LogP contribution in [0, 0.1) is 23.1 Å². The van der Waals surface area contributed by atoms with Gasteiger partial charge in [0.15, 0.2) is 5.75 Å². The summed E-state index contributed by atoms with van der Waals surface area (Å²) in [4.78, 5) is 28.0. The zero-order chi connectivity index (χ0) is 44.6. The Kier molecular flexibility index (Phi) is 12.6. The largest absolute Gasteiger partial charge is 0.486 e. The highest BCUT2D eigenvalue weighted by Gasteiger charge is 2.35. The van der Waals surface area contributed by atoms with Crippen molar-refractivity contribution in [1.29, 1.82) is 5.26 Å². The van der Waals surface area contributed by atoms with Crippen molar-refractivity contribution >= 4 is 60.7 Å². The topological polar surface area (TPSA) is 170 Å². The predicted octanol–water partition coefficient (Wildman–Crippen LogP) is 8.55. The highest BCUT2D eigenvalue weighted by Crippen LogP contribution is 2.49. The van der Waals surface area contributed by atoms with E-state index in [0.29, 0.717) is 88.8 Å². The maximum absolute atomic E-state index is 15.5. The number of nitrogen functional groups attached to an aromatic ring is 1. The zero-order valence-electron chi connectivity index (χ0n) is 36.4. The lowest BCUT2D eigenvalue weighted by Crippen LogP contribution is -2.50. The van der Waals surface area contributed by atoms with Crippen molar-refractivity contribution in [2.75, 3.05) is 50.0 Å². The van der Waals surface area contributed by atoms with Crippen LogP contribution in [0.2, 0.25) is 5.02 Å². The number of hydrogen-bond acceptors (Lipinski definition) is 13. The highest BCUT2D eigenvalue weighted by molar-refractivity contribution is 7.23. The van der Waals surface area contributed by atoms with E-state index in [0.717, 1.165) is 54.8 Å². The first-order valence-electron chi connectivity index (χ1n) is 22.1. The zero-order valence-corrected chi connectivity index (χ0v) is 38.0. The molecule has 3 aliphatic rings. The molecule has 3 N–H and O–H groups in total.